The van der Waals surface area contributed by atoms with Crippen LogP contribution in [0.2, 0.25) is 0 Å². The lowest BCUT2D eigenvalue weighted by Crippen LogP contribution is -2.64. The Morgan fingerprint density at radius 2 is 1.94 bits per heavy atom. The molecule has 0 saturated carbocycles. The van der Waals surface area contributed by atoms with Crippen molar-refractivity contribution >= 4 is 6.09 Å². The minimum absolute atomic E-state index is 0.160. The lowest BCUT2D eigenvalue weighted by atomic mass is 9.67. The summed E-state index contributed by atoms with van der Waals surface area (Å²) in [5, 5.41) is 3.42. The molecule has 1 unspecified atom stereocenters. The molecule has 2 saturated heterocycles. The van der Waals surface area contributed by atoms with Crippen molar-refractivity contribution in [1.82, 2.24) is 10.2 Å². The minimum atomic E-state index is -0.391. The van der Waals surface area contributed by atoms with Gasteiger partial charge in [0.05, 0.1) is 0 Å². The standard InChI is InChI=1S/C13H24N2O2/c1-10-13(9-14-10)5-7-15(8-6-13)11(16)17-12(2,3)4/h10,14H,5-9H2,1-4H3. The lowest BCUT2D eigenvalue weighted by molar-refractivity contribution is -0.0134. The van der Waals surface area contributed by atoms with Crippen LogP contribution in [0.3, 0.4) is 0 Å². The number of rotatable bonds is 0. The Balaban J connectivity index is 1.85. The Kier molecular flexibility index (Phi) is 3.10. The summed E-state index contributed by atoms with van der Waals surface area (Å²) in [6, 6.07) is 0.600. The number of piperidine rings is 1. The highest BCUT2D eigenvalue weighted by Gasteiger charge is 2.46. The Morgan fingerprint density at radius 3 is 2.29 bits per heavy atom. The molecule has 0 aliphatic carbocycles. The van der Waals surface area contributed by atoms with Crippen LogP contribution in [0.15, 0.2) is 0 Å². The molecule has 0 radical (unpaired) electrons. The largest absolute Gasteiger partial charge is 0.444 e. The zero-order chi connectivity index (χ0) is 12.7. The van der Waals surface area contributed by atoms with E-state index in [0.717, 1.165) is 32.5 Å². The van der Waals surface area contributed by atoms with Crippen LogP contribution in [-0.4, -0.2) is 42.3 Å². The number of carbonyl (C=O) groups is 1. The van der Waals surface area contributed by atoms with Crippen LogP contribution in [0.5, 0.6) is 0 Å². The minimum Gasteiger partial charge on any atom is -0.444 e. The molecule has 0 bridgehead atoms. The fraction of sp³-hybridized carbons (Fsp3) is 0.923. The summed E-state index contributed by atoms with van der Waals surface area (Å²) in [4.78, 5) is 13.7. The van der Waals surface area contributed by atoms with E-state index in [4.69, 9.17) is 4.74 Å². The first kappa shape index (κ1) is 12.7. The van der Waals surface area contributed by atoms with Gasteiger partial charge in [-0.1, -0.05) is 0 Å². The van der Waals surface area contributed by atoms with Crippen molar-refractivity contribution in [1.29, 1.82) is 0 Å². The van der Waals surface area contributed by atoms with E-state index in [1.807, 2.05) is 25.7 Å². The second kappa shape index (κ2) is 4.16. The molecule has 98 valence electrons. The van der Waals surface area contributed by atoms with E-state index in [1.54, 1.807) is 0 Å². The molecule has 1 N–H and O–H groups in total. The van der Waals surface area contributed by atoms with Gasteiger partial charge in [-0.05, 0) is 40.5 Å². The Labute approximate surface area is 104 Å². The number of carbonyl (C=O) groups excluding carboxylic acids is 1. The molecular weight excluding hydrogens is 216 g/mol. The maximum Gasteiger partial charge on any atom is 0.410 e. The van der Waals surface area contributed by atoms with E-state index in [9.17, 15) is 4.79 Å². The molecule has 2 heterocycles. The first-order chi connectivity index (χ1) is 7.82. The molecule has 17 heavy (non-hydrogen) atoms. The lowest BCUT2D eigenvalue weighted by Gasteiger charge is -2.53. The summed E-state index contributed by atoms with van der Waals surface area (Å²) in [5.74, 6) is 0. The number of ether oxygens (including phenoxy) is 1. The van der Waals surface area contributed by atoms with Gasteiger partial charge in [-0.3, -0.25) is 0 Å². The predicted octanol–water partition coefficient (Wildman–Crippen LogP) is 2.00. The third-order valence-corrected chi connectivity index (χ3v) is 4.09. The zero-order valence-corrected chi connectivity index (χ0v) is 11.4. The van der Waals surface area contributed by atoms with Gasteiger partial charge in [-0.15, -0.1) is 0 Å². The quantitative estimate of drug-likeness (QED) is 0.704. The van der Waals surface area contributed by atoms with Crippen LogP contribution in [-0.2, 0) is 4.74 Å². The normalized spacial score (nSPS) is 27.8. The predicted molar refractivity (Wildman–Crippen MR) is 66.9 cm³/mol. The Hall–Kier alpha value is -0.770. The van der Waals surface area contributed by atoms with Gasteiger partial charge in [-0.2, -0.15) is 0 Å². The maximum absolute atomic E-state index is 11.9. The highest BCUT2D eigenvalue weighted by molar-refractivity contribution is 5.68. The van der Waals surface area contributed by atoms with Gasteiger partial charge in [0.15, 0.2) is 0 Å². The Bertz CT molecular complexity index is 301. The third-order valence-electron chi connectivity index (χ3n) is 4.09. The van der Waals surface area contributed by atoms with Gasteiger partial charge in [0, 0.05) is 31.1 Å². The Morgan fingerprint density at radius 1 is 1.35 bits per heavy atom. The van der Waals surface area contributed by atoms with E-state index in [-0.39, 0.29) is 6.09 Å². The van der Waals surface area contributed by atoms with Crippen LogP contribution in [0.1, 0.15) is 40.5 Å². The van der Waals surface area contributed by atoms with Crippen molar-refractivity contribution < 1.29 is 9.53 Å². The zero-order valence-electron chi connectivity index (χ0n) is 11.4. The number of hydrogen-bond acceptors (Lipinski definition) is 3. The smallest absolute Gasteiger partial charge is 0.410 e. The molecule has 2 aliphatic heterocycles. The molecule has 1 amide bonds. The molecule has 2 fully saturated rings. The SMILES string of the molecule is CC1NCC12CCN(C(=O)OC(C)(C)C)CC2. The van der Waals surface area contributed by atoms with E-state index in [0.29, 0.717) is 11.5 Å². The van der Waals surface area contributed by atoms with Gasteiger partial charge < -0.3 is 15.0 Å². The maximum atomic E-state index is 11.9. The third kappa shape index (κ3) is 2.57. The van der Waals surface area contributed by atoms with Crippen molar-refractivity contribution in [2.45, 2.75) is 52.2 Å². The number of nitrogens with one attached hydrogen (secondary N) is 1. The van der Waals surface area contributed by atoms with Crippen LogP contribution >= 0.6 is 0 Å². The summed E-state index contributed by atoms with van der Waals surface area (Å²) in [5.41, 5.74) is 0.0516. The molecule has 0 aromatic carbocycles. The van der Waals surface area contributed by atoms with Gasteiger partial charge in [0.25, 0.3) is 0 Å². The van der Waals surface area contributed by atoms with Crippen molar-refractivity contribution in [2.75, 3.05) is 19.6 Å². The van der Waals surface area contributed by atoms with E-state index < -0.39 is 5.60 Å². The highest BCUT2D eigenvalue weighted by atomic mass is 16.6. The van der Waals surface area contributed by atoms with Gasteiger partial charge in [-0.25, -0.2) is 4.79 Å². The number of amides is 1. The molecular formula is C13H24N2O2. The summed E-state index contributed by atoms with van der Waals surface area (Å²) in [6.07, 6.45) is 2.04. The monoisotopic (exact) mass is 240 g/mol. The van der Waals surface area contributed by atoms with Gasteiger partial charge >= 0.3 is 6.09 Å². The van der Waals surface area contributed by atoms with Crippen LogP contribution in [0, 0.1) is 5.41 Å². The summed E-state index contributed by atoms with van der Waals surface area (Å²) in [7, 11) is 0. The van der Waals surface area contributed by atoms with Crippen LogP contribution in [0.25, 0.3) is 0 Å². The summed E-state index contributed by atoms with van der Waals surface area (Å²) >= 11 is 0. The van der Waals surface area contributed by atoms with Crippen LogP contribution < -0.4 is 5.32 Å². The van der Waals surface area contributed by atoms with Crippen molar-refractivity contribution in [2.24, 2.45) is 5.41 Å². The summed E-state index contributed by atoms with van der Waals surface area (Å²) in [6.45, 7) is 10.8. The molecule has 4 heteroatoms. The number of likely N-dealkylation sites (tertiary alicyclic amines) is 1. The molecule has 1 atom stereocenters. The fourth-order valence-corrected chi connectivity index (χ4v) is 2.67. The second-order valence-electron chi connectivity index (χ2n) is 6.43. The van der Waals surface area contributed by atoms with E-state index >= 15 is 0 Å². The first-order valence-corrected chi connectivity index (χ1v) is 6.54. The summed E-state index contributed by atoms with van der Waals surface area (Å²) < 4.78 is 5.40. The molecule has 0 aromatic rings. The van der Waals surface area contributed by atoms with E-state index in [2.05, 4.69) is 12.2 Å². The first-order valence-electron chi connectivity index (χ1n) is 6.54. The molecule has 2 rings (SSSR count). The van der Waals surface area contributed by atoms with Crippen molar-refractivity contribution in [3.63, 3.8) is 0 Å². The topological polar surface area (TPSA) is 41.6 Å². The average molecular weight is 240 g/mol. The average Bonchev–Trinajstić information content (AvgIpc) is 2.25. The van der Waals surface area contributed by atoms with Gasteiger partial charge in [0.1, 0.15) is 5.60 Å². The second-order valence-corrected chi connectivity index (χ2v) is 6.43. The van der Waals surface area contributed by atoms with Gasteiger partial charge in [0.2, 0.25) is 0 Å². The highest BCUT2D eigenvalue weighted by Crippen LogP contribution is 2.40. The van der Waals surface area contributed by atoms with Crippen LogP contribution in [0.4, 0.5) is 4.79 Å². The number of nitrogens with zero attached hydrogens (tertiary/aromatic N) is 1. The number of hydrogen-bond donors (Lipinski definition) is 1. The fourth-order valence-electron chi connectivity index (χ4n) is 2.67. The molecule has 1 spiro atoms. The molecule has 0 aromatic heterocycles. The molecule has 2 aliphatic rings. The van der Waals surface area contributed by atoms with E-state index in [1.165, 1.54) is 0 Å². The van der Waals surface area contributed by atoms with Crippen molar-refractivity contribution in [3.8, 4) is 0 Å². The molecule has 4 nitrogen and oxygen atoms in total. The van der Waals surface area contributed by atoms with Crippen molar-refractivity contribution in [3.05, 3.63) is 0 Å².